The van der Waals surface area contributed by atoms with Crippen LogP contribution in [-0.4, -0.2) is 27.1 Å². The van der Waals surface area contributed by atoms with E-state index in [0.29, 0.717) is 37.6 Å². The number of Topliss-reactive ketones (excluding diaryl/α,β-unsaturated/α-hetero) is 1. The van der Waals surface area contributed by atoms with Crippen molar-refractivity contribution < 1.29 is 14.4 Å². The first kappa shape index (κ1) is 24.0. The number of rotatable bonds is 6. The summed E-state index contributed by atoms with van der Waals surface area (Å²) in [6.45, 7) is 6.68. The molecule has 0 fully saturated rings. The van der Waals surface area contributed by atoms with Crippen LogP contribution in [0.4, 0.5) is 11.4 Å². The molecule has 0 saturated carbocycles. The van der Waals surface area contributed by atoms with Gasteiger partial charge in [-0.15, -0.1) is 11.3 Å². The molecule has 178 valence electrons. The van der Waals surface area contributed by atoms with Gasteiger partial charge in [0.1, 0.15) is 10.9 Å². The van der Waals surface area contributed by atoms with Crippen molar-refractivity contribution in [1.29, 1.82) is 0 Å². The van der Waals surface area contributed by atoms with Crippen LogP contribution in [0.1, 0.15) is 51.0 Å². The molecule has 4 rings (SSSR count). The van der Waals surface area contributed by atoms with Gasteiger partial charge >= 0.3 is 0 Å². The van der Waals surface area contributed by atoms with E-state index in [1.807, 2.05) is 31.2 Å². The van der Waals surface area contributed by atoms with Crippen LogP contribution in [0, 0.1) is 13.8 Å². The Morgan fingerprint density at radius 2 is 1.69 bits per heavy atom. The summed E-state index contributed by atoms with van der Waals surface area (Å²) in [5.41, 5.74) is 2.80. The highest BCUT2D eigenvalue weighted by molar-refractivity contribution is 7.20. The molecule has 2 aromatic carbocycles. The number of carbonyl (C=O) groups excluding carboxylic acids is 3. The first-order valence-electron chi connectivity index (χ1n) is 11.0. The van der Waals surface area contributed by atoms with Crippen molar-refractivity contribution >= 4 is 50.5 Å². The van der Waals surface area contributed by atoms with Gasteiger partial charge in [0.25, 0.3) is 11.5 Å². The van der Waals surface area contributed by atoms with Gasteiger partial charge in [0.05, 0.1) is 16.6 Å². The predicted molar refractivity (Wildman–Crippen MR) is 138 cm³/mol. The second-order valence-electron chi connectivity index (χ2n) is 8.26. The lowest BCUT2D eigenvalue weighted by Crippen LogP contribution is -2.31. The lowest BCUT2D eigenvalue weighted by molar-refractivity contribution is -0.118. The Kier molecular flexibility index (Phi) is 6.61. The number of nitrogens with one attached hydrogen (secondary N) is 2. The monoisotopic (exact) mass is 488 g/mol. The summed E-state index contributed by atoms with van der Waals surface area (Å²) in [5, 5.41) is 5.96. The molecule has 2 aromatic heterocycles. The van der Waals surface area contributed by atoms with Crippen molar-refractivity contribution in [2.45, 2.75) is 33.7 Å². The maximum absolute atomic E-state index is 13.3. The predicted octanol–water partition coefficient (Wildman–Crippen LogP) is 4.73. The number of nitrogens with zero attached hydrogens (tertiary/aromatic N) is 2. The Morgan fingerprint density at radius 1 is 1.00 bits per heavy atom. The van der Waals surface area contributed by atoms with Gasteiger partial charge in [0.15, 0.2) is 5.78 Å². The number of aromatic nitrogens is 2. The third-order valence-electron chi connectivity index (χ3n) is 5.83. The zero-order valence-corrected chi connectivity index (χ0v) is 20.5. The minimum Gasteiger partial charge on any atom is -0.324 e. The summed E-state index contributed by atoms with van der Waals surface area (Å²) in [6, 6.07) is 13.1. The number of hydrogen-bond donors (Lipinski definition) is 2. The van der Waals surface area contributed by atoms with Gasteiger partial charge in [0.2, 0.25) is 5.91 Å². The maximum Gasteiger partial charge on any atom is 0.266 e. The van der Waals surface area contributed by atoms with Crippen LogP contribution >= 0.6 is 11.3 Å². The van der Waals surface area contributed by atoms with Crippen molar-refractivity contribution in [1.82, 2.24) is 9.55 Å². The molecule has 8 nitrogen and oxygen atoms in total. The van der Waals surface area contributed by atoms with Gasteiger partial charge in [0, 0.05) is 16.9 Å². The van der Waals surface area contributed by atoms with E-state index in [9.17, 15) is 19.2 Å². The molecular formula is C26H24N4O4S. The quantitative estimate of drug-likeness (QED) is 0.381. The molecular weight excluding hydrogens is 464 g/mol. The fourth-order valence-corrected chi connectivity index (χ4v) is 4.72. The summed E-state index contributed by atoms with van der Waals surface area (Å²) >= 11 is 1.14. The Hall–Kier alpha value is -4.11. The van der Waals surface area contributed by atoms with Crippen molar-refractivity contribution in [3.05, 3.63) is 86.8 Å². The number of hydrogen-bond acceptors (Lipinski definition) is 6. The SMILES string of the molecule is CC(=O)c1ccc(NC(=O)C(C)n2cnc3sc(C(=O)Nc4ccccc4C)c(C)c3c2=O)cc1. The number of carbonyl (C=O) groups is 3. The van der Waals surface area contributed by atoms with E-state index < -0.39 is 17.5 Å². The van der Waals surface area contributed by atoms with Crippen molar-refractivity contribution in [2.24, 2.45) is 0 Å². The molecule has 0 aliphatic heterocycles. The fourth-order valence-electron chi connectivity index (χ4n) is 3.68. The van der Waals surface area contributed by atoms with Crippen molar-refractivity contribution in [3.63, 3.8) is 0 Å². The highest BCUT2D eigenvalue weighted by Crippen LogP contribution is 2.28. The van der Waals surface area contributed by atoms with Crippen LogP contribution in [0.2, 0.25) is 0 Å². The Bertz CT molecular complexity index is 1520. The second-order valence-corrected chi connectivity index (χ2v) is 9.26. The van der Waals surface area contributed by atoms with Crippen LogP contribution in [0.25, 0.3) is 10.2 Å². The topological polar surface area (TPSA) is 110 Å². The Labute approximate surface area is 205 Å². The number of benzene rings is 2. The minimum absolute atomic E-state index is 0.0692. The van der Waals surface area contributed by atoms with E-state index >= 15 is 0 Å². The molecule has 0 saturated heterocycles. The van der Waals surface area contributed by atoms with Crippen LogP contribution in [0.5, 0.6) is 0 Å². The molecule has 4 aromatic rings. The van der Waals surface area contributed by atoms with E-state index in [0.717, 1.165) is 16.9 Å². The molecule has 2 N–H and O–H groups in total. The van der Waals surface area contributed by atoms with E-state index in [2.05, 4.69) is 15.6 Å². The number of para-hydroxylation sites is 1. The van der Waals surface area contributed by atoms with Gasteiger partial charge in [-0.25, -0.2) is 4.98 Å². The minimum atomic E-state index is -0.851. The highest BCUT2D eigenvalue weighted by Gasteiger charge is 2.23. The number of ketones is 1. The highest BCUT2D eigenvalue weighted by atomic mass is 32.1. The average Bonchev–Trinajstić information content (AvgIpc) is 3.18. The third kappa shape index (κ3) is 4.76. The first-order chi connectivity index (χ1) is 16.7. The standard InChI is InChI=1S/C26H24N4O4S/c1-14-7-5-6-8-20(14)29-24(33)22-15(2)21-25(35-22)27-13-30(26(21)34)16(3)23(32)28-19-11-9-18(10-12-19)17(4)31/h5-13,16H,1-4H3,(H,28,32)(H,29,33). The lowest BCUT2D eigenvalue weighted by Gasteiger charge is -2.15. The van der Waals surface area contributed by atoms with Crippen LogP contribution in [0.3, 0.4) is 0 Å². The van der Waals surface area contributed by atoms with Gasteiger partial charge in [-0.05, 0) is 69.2 Å². The summed E-state index contributed by atoms with van der Waals surface area (Å²) in [4.78, 5) is 55.7. The molecule has 1 unspecified atom stereocenters. The Balaban J connectivity index is 1.60. The molecule has 9 heteroatoms. The molecule has 0 bridgehead atoms. The van der Waals surface area contributed by atoms with E-state index in [1.54, 1.807) is 38.1 Å². The molecule has 35 heavy (non-hydrogen) atoms. The lowest BCUT2D eigenvalue weighted by atomic mass is 10.1. The largest absolute Gasteiger partial charge is 0.324 e. The van der Waals surface area contributed by atoms with Gasteiger partial charge in [-0.3, -0.25) is 23.7 Å². The molecule has 0 radical (unpaired) electrons. The maximum atomic E-state index is 13.3. The van der Waals surface area contributed by atoms with Gasteiger partial charge < -0.3 is 10.6 Å². The summed E-state index contributed by atoms with van der Waals surface area (Å²) in [5.74, 6) is -0.792. The smallest absolute Gasteiger partial charge is 0.266 e. The third-order valence-corrected chi connectivity index (χ3v) is 7.03. The van der Waals surface area contributed by atoms with Crippen LogP contribution < -0.4 is 16.2 Å². The number of thiophene rings is 1. The van der Waals surface area contributed by atoms with Gasteiger partial charge in [-0.1, -0.05) is 18.2 Å². The molecule has 0 aliphatic carbocycles. The van der Waals surface area contributed by atoms with Gasteiger partial charge in [-0.2, -0.15) is 0 Å². The first-order valence-corrected chi connectivity index (χ1v) is 11.8. The van der Waals surface area contributed by atoms with Crippen LogP contribution in [0.15, 0.2) is 59.7 Å². The normalized spacial score (nSPS) is 11.8. The summed E-state index contributed by atoms with van der Waals surface area (Å²) in [7, 11) is 0. The number of anilines is 2. The Morgan fingerprint density at radius 3 is 2.34 bits per heavy atom. The molecule has 2 amide bonds. The van der Waals surface area contributed by atoms with E-state index in [4.69, 9.17) is 0 Å². The fraction of sp³-hybridized carbons (Fsp3) is 0.192. The van der Waals surface area contributed by atoms with E-state index in [-0.39, 0.29) is 11.7 Å². The second kappa shape index (κ2) is 9.63. The summed E-state index contributed by atoms with van der Waals surface area (Å²) in [6.07, 6.45) is 1.33. The number of fused-ring (bicyclic) bond motifs is 1. The number of amides is 2. The summed E-state index contributed by atoms with van der Waals surface area (Å²) < 4.78 is 1.25. The molecule has 0 aliphatic rings. The van der Waals surface area contributed by atoms with E-state index in [1.165, 1.54) is 17.8 Å². The molecule has 2 heterocycles. The zero-order valence-electron chi connectivity index (χ0n) is 19.7. The van der Waals surface area contributed by atoms with Crippen LogP contribution in [-0.2, 0) is 4.79 Å². The van der Waals surface area contributed by atoms with Crippen molar-refractivity contribution in [2.75, 3.05) is 10.6 Å². The number of aryl methyl sites for hydroxylation is 2. The molecule has 0 spiro atoms. The molecule has 1 atom stereocenters. The average molecular weight is 489 g/mol. The zero-order chi connectivity index (χ0) is 25.3. The van der Waals surface area contributed by atoms with Crippen molar-refractivity contribution in [3.8, 4) is 0 Å².